The molecule has 0 aromatic heterocycles. The first kappa shape index (κ1) is 13.8. The van der Waals surface area contributed by atoms with Crippen molar-refractivity contribution in [1.82, 2.24) is 0 Å². The minimum absolute atomic E-state index is 0.0680. The Kier molecular flexibility index (Phi) is 3.77. The molecule has 0 N–H and O–H groups in total. The number of ketones is 1. The molecule has 0 bridgehead atoms. The van der Waals surface area contributed by atoms with Crippen molar-refractivity contribution in [1.29, 1.82) is 0 Å². The molecule has 1 nitrogen and oxygen atoms in total. The van der Waals surface area contributed by atoms with Gasteiger partial charge in [-0.1, -0.05) is 29.3 Å². The van der Waals surface area contributed by atoms with E-state index < -0.39 is 0 Å². The second-order valence-corrected chi connectivity index (χ2v) is 5.47. The number of carbonyl (C=O) groups is 1. The van der Waals surface area contributed by atoms with Crippen molar-refractivity contribution >= 4 is 17.4 Å². The van der Waals surface area contributed by atoms with Crippen LogP contribution in [0.25, 0.3) is 0 Å². The maximum atomic E-state index is 12.7. The normalized spacial score (nSPS) is 10.6. The summed E-state index contributed by atoms with van der Waals surface area (Å²) in [6.45, 7) is 7.80. The number of hydrogen-bond donors (Lipinski definition) is 0. The monoisotopic (exact) mass is 272 g/mol. The van der Waals surface area contributed by atoms with Crippen LogP contribution in [-0.4, -0.2) is 5.78 Å². The van der Waals surface area contributed by atoms with Gasteiger partial charge in [0, 0.05) is 16.1 Å². The van der Waals surface area contributed by atoms with Gasteiger partial charge in [0.05, 0.1) is 0 Å². The summed E-state index contributed by atoms with van der Waals surface area (Å²) in [6.07, 6.45) is 0. The Balaban J connectivity index is 2.56. The van der Waals surface area contributed by atoms with Gasteiger partial charge in [0.1, 0.15) is 0 Å². The molecule has 0 spiro atoms. The Labute approximate surface area is 119 Å². The van der Waals surface area contributed by atoms with E-state index in [1.807, 2.05) is 58.0 Å². The van der Waals surface area contributed by atoms with Gasteiger partial charge in [-0.15, -0.1) is 0 Å². The Morgan fingerprint density at radius 2 is 1.47 bits per heavy atom. The Hall–Kier alpha value is -1.60. The van der Waals surface area contributed by atoms with Crippen molar-refractivity contribution in [2.75, 3.05) is 0 Å². The maximum absolute atomic E-state index is 12.7. The zero-order valence-corrected chi connectivity index (χ0v) is 12.4. The molecule has 0 saturated carbocycles. The standard InChI is InChI=1S/C17H17ClO/c1-10-5-6-11(2)14(7-10)17(19)15-8-13(4)16(18)9-12(15)3/h5-9H,1-4H3. The Bertz CT molecular complexity index is 657. The third-order valence-electron chi connectivity index (χ3n) is 3.39. The van der Waals surface area contributed by atoms with Gasteiger partial charge in [0.25, 0.3) is 0 Å². The van der Waals surface area contributed by atoms with Gasteiger partial charge in [0.15, 0.2) is 5.78 Å². The topological polar surface area (TPSA) is 17.1 Å². The van der Waals surface area contributed by atoms with Crippen LogP contribution in [0.5, 0.6) is 0 Å². The number of aryl methyl sites for hydroxylation is 4. The molecular weight excluding hydrogens is 256 g/mol. The Morgan fingerprint density at radius 1 is 0.842 bits per heavy atom. The first-order valence-corrected chi connectivity index (χ1v) is 6.66. The highest BCUT2D eigenvalue weighted by molar-refractivity contribution is 6.31. The summed E-state index contributed by atoms with van der Waals surface area (Å²) in [4.78, 5) is 12.7. The maximum Gasteiger partial charge on any atom is 0.193 e. The van der Waals surface area contributed by atoms with Gasteiger partial charge >= 0.3 is 0 Å². The van der Waals surface area contributed by atoms with Gasteiger partial charge in [0.2, 0.25) is 0 Å². The largest absolute Gasteiger partial charge is 0.289 e. The van der Waals surface area contributed by atoms with Crippen LogP contribution in [0.1, 0.15) is 38.2 Å². The number of hydrogen-bond acceptors (Lipinski definition) is 1. The molecule has 2 aromatic rings. The second kappa shape index (κ2) is 5.18. The molecule has 2 rings (SSSR count). The second-order valence-electron chi connectivity index (χ2n) is 5.06. The number of carbonyl (C=O) groups excluding carboxylic acids is 1. The lowest BCUT2D eigenvalue weighted by molar-refractivity contribution is 0.103. The minimum Gasteiger partial charge on any atom is -0.289 e. The molecule has 0 unspecified atom stereocenters. The van der Waals surface area contributed by atoms with Crippen LogP contribution >= 0.6 is 11.6 Å². The summed E-state index contributed by atoms with van der Waals surface area (Å²) < 4.78 is 0. The molecule has 0 heterocycles. The molecule has 0 radical (unpaired) electrons. The van der Waals surface area contributed by atoms with Crippen molar-refractivity contribution in [2.24, 2.45) is 0 Å². The van der Waals surface area contributed by atoms with Crippen LogP contribution in [0, 0.1) is 27.7 Å². The molecule has 0 aliphatic carbocycles. The van der Waals surface area contributed by atoms with Crippen LogP contribution in [0.4, 0.5) is 0 Å². The lowest BCUT2D eigenvalue weighted by Crippen LogP contribution is -2.06. The fourth-order valence-electron chi connectivity index (χ4n) is 2.15. The first-order chi connectivity index (χ1) is 8.90. The molecule has 98 valence electrons. The van der Waals surface area contributed by atoms with E-state index in [4.69, 9.17) is 11.6 Å². The molecule has 0 fully saturated rings. The summed E-state index contributed by atoms with van der Waals surface area (Å²) in [5.74, 6) is 0.0680. The van der Waals surface area contributed by atoms with Crippen LogP contribution in [-0.2, 0) is 0 Å². The highest BCUT2D eigenvalue weighted by atomic mass is 35.5. The minimum atomic E-state index is 0.0680. The van der Waals surface area contributed by atoms with E-state index in [1.165, 1.54) is 0 Å². The van der Waals surface area contributed by atoms with Crippen molar-refractivity contribution in [2.45, 2.75) is 27.7 Å². The fourth-order valence-corrected chi connectivity index (χ4v) is 2.37. The third-order valence-corrected chi connectivity index (χ3v) is 3.80. The van der Waals surface area contributed by atoms with Crippen LogP contribution < -0.4 is 0 Å². The van der Waals surface area contributed by atoms with Crippen molar-refractivity contribution < 1.29 is 4.79 Å². The molecule has 19 heavy (non-hydrogen) atoms. The number of rotatable bonds is 2. The van der Waals surface area contributed by atoms with Gasteiger partial charge in [-0.05, 0) is 62.6 Å². The highest BCUT2D eigenvalue weighted by Gasteiger charge is 2.15. The molecule has 2 aromatic carbocycles. The highest BCUT2D eigenvalue weighted by Crippen LogP contribution is 2.24. The van der Waals surface area contributed by atoms with E-state index in [0.717, 1.165) is 33.4 Å². The number of benzene rings is 2. The third kappa shape index (κ3) is 2.71. The quantitative estimate of drug-likeness (QED) is 0.718. The summed E-state index contributed by atoms with van der Waals surface area (Å²) in [6, 6.07) is 9.69. The average molecular weight is 273 g/mol. The van der Waals surface area contributed by atoms with E-state index in [0.29, 0.717) is 5.02 Å². The number of halogens is 1. The lowest BCUT2D eigenvalue weighted by Gasteiger charge is -2.10. The van der Waals surface area contributed by atoms with Crippen LogP contribution in [0.2, 0.25) is 5.02 Å². The van der Waals surface area contributed by atoms with E-state index in [9.17, 15) is 4.79 Å². The summed E-state index contributed by atoms with van der Waals surface area (Å²) >= 11 is 6.08. The van der Waals surface area contributed by atoms with Crippen LogP contribution in [0.3, 0.4) is 0 Å². The van der Waals surface area contributed by atoms with Gasteiger partial charge in [-0.3, -0.25) is 4.79 Å². The summed E-state index contributed by atoms with van der Waals surface area (Å²) in [5, 5.41) is 0.704. The van der Waals surface area contributed by atoms with Crippen molar-refractivity contribution in [3.63, 3.8) is 0 Å². The van der Waals surface area contributed by atoms with Crippen molar-refractivity contribution in [3.8, 4) is 0 Å². The molecule has 0 amide bonds. The zero-order valence-electron chi connectivity index (χ0n) is 11.7. The average Bonchev–Trinajstić information content (AvgIpc) is 2.36. The molecule has 0 aliphatic rings. The van der Waals surface area contributed by atoms with Crippen LogP contribution in [0.15, 0.2) is 30.3 Å². The van der Waals surface area contributed by atoms with Gasteiger partial charge in [-0.25, -0.2) is 0 Å². The predicted octanol–water partition coefficient (Wildman–Crippen LogP) is 4.80. The lowest BCUT2D eigenvalue weighted by atomic mass is 9.94. The summed E-state index contributed by atoms with van der Waals surface area (Å²) in [7, 11) is 0. The van der Waals surface area contributed by atoms with E-state index in [2.05, 4.69) is 0 Å². The smallest absolute Gasteiger partial charge is 0.193 e. The van der Waals surface area contributed by atoms with E-state index >= 15 is 0 Å². The Morgan fingerprint density at radius 3 is 2.16 bits per heavy atom. The molecule has 0 aliphatic heterocycles. The van der Waals surface area contributed by atoms with E-state index in [-0.39, 0.29) is 5.78 Å². The first-order valence-electron chi connectivity index (χ1n) is 6.29. The predicted molar refractivity (Wildman–Crippen MR) is 80.3 cm³/mol. The molecule has 0 saturated heterocycles. The zero-order chi connectivity index (χ0) is 14.2. The van der Waals surface area contributed by atoms with Crippen molar-refractivity contribution in [3.05, 3.63) is 68.7 Å². The fraction of sp³-hybridized carbons (Fsp3) is 0.235. The van der Waals surface area contributed by atoms with Gasteiger partial charge < -0.3 is 0 Å². The molecule has 0 atom stereocenters. The van der Waals surface area contributed by atoms with E-state index in [1.54, 1.807) is 0 Å². The molecular formula is C17H17ClO. The molecule has 2 heteroatoms. The van der Waals surface area contributed by atoms with Gasteiger partial charge in [-0.2, -0.15) is 0 Å². The SMILES string of the molecule is Cc1ccc(C)c(C(=O)c2cc(C)c(Cl)cc2C)c1. The summed E-state index contributed by atoms with van der Waals surface area (Å²) in [5.41, 5.74) is 5.45.